The average molecular weight is 439 g/mol. The number of likely N-dealkylation sites (N-methyl/N-ethyl adjacent to an activating group) is 1. The van der Waals surface area contributed by atoms with Crippen LogP contribution in [0.1, 0.15) is 18.1 Å². The number of carbonyl (C=O) groups excluding carboxylic acids is 1. The van der Waals surface area contributed by atoms with E-state index in [9.17, 15) is 13.2 Å². The SMILES string of the molecule is CCN(CC(=O)Nc1ccccc1Oc1ccccc1)S(=O)(=O)c1cc(C)ccc1C. The van der Waals surface area contributed by atoms with Gasteiger partial charge in [0.15, 0.2) is 5.75 Å². The number of ether oxygens (including phenoxy) is 1. The predicted molar refractivity (Wildman–Crippen MR) is 122 cm³/mol. The lowest BCUT2D eigenvalue weighted by Crippen LogP contribution is -2.38. The van der Waals surface area contributed by atoms with E-state index >= 15 is 0 Å². The van der Waals surface area contributed by atoms with Crippen LogP contribution in [0.25, 0.3) is 0 Å². The van der Waals surface area contributed by atoms with Crippen molar-refractivity contribution in [1.82, 2.24) is 4.31 Å². The first-order valence-corrected chi connectivity index (χ1v) is 11.4. The summed E-state index contributed by atoms with van der Waals surface area (Å²) in [6.45, 7) is 5.17. The minimum Gasteiger partial charge on any atom is -0.455 e. The van der Waals surface area contributed by atoms with Crippen LogP contribution in [0.2, 0.25) is 0 Å². The molecule has 3 aromatic carbocycles. The van der Waals surface area contributed by atoms with E-state index in [1.807, 2.05) is 43.3 Å². The van der Waals surface area contributed by atoms with Crippen LogP contribution in [0.15, 0.2) is 77.7 Å². The lowest BCUT2D eigenvalue weighted by atomic mass is 10.2. The Morgan fingerprint density at radius 2 is 1.65 bits per heavy atom. The lowest BCUT2D eigenvalue weighted by molar-refractivity contribution is -0.116. The highest BCUT2D eigenvalue weighted by atomic mass is 32.2. The molecule has 1 amide bonds. The summed E-state index contributed by atoms with van der Waals surface area (Å²) in [5, 5.41) is 2.78. The van der Waals surface area contributed by atoms with Crippen molar-refractivity contribution >= 4 is 21.6 Å². The Balaban J connectivity index is 1.77. The summed E-state index contributed by atoms with van der Waals surface area (Å²) in [6, 6.07) is 21.5. The Labute approximate surface area is 183 Å². The second-order valence-electron chi connectivity index (χ2n) is 7.16. The highest BCUT2D eigenvalue weighted by Crippen LogP contribution is 2.29. The number of rotatable bonds is 8. The van der Waals surface area contributed by atoms with Crippen molar-refractivity contribution in [3.63, 3.8) is 0 Å². The molecule has 3 aromatic rings. The lowest BCUT2D eigenvalue weighted by Gasteiger charge is -2.22. The Morgan fingerprint density at radius 3 is 2.35 bits per heavy atom. The van der Waals surface area contributed by atoms with E-state index in [1.54, 1.807) is 50.2 Å². The van der Waals surface area contributed by atoms with Crippen LogP contribution >= 0.6 is 0 Å². The molecule has 3 rings (SSSR count). The Kier molecular flexibility index (Phi) is 7.09. The van der Waals surface area contributed by atoms with Crippen LogP contribution in [0.5, 0.6) is 11.5 Å². The van der Waals surface area contributed by atoms with Gasteiger partial charge in [-0.05, 0) is 55.3 Å². The van der Waals surface area contributed by atoms with Gasteiger partial charge in [0.05, 0.1) is 17.1 Å². The molecule has 0 aliphatic carbocycles. The highest BCUT2D eigenvalue weighted by Gasteiger charge is 2.27. The number of sulfonamides is 1. The second-order valence-corrected chi connectivity index (χ2v) is 9.07. The van der Waals surface area contributed by atoms with Gasteiger partial charge >= 0.3 is 0 Å². The van der Waals surface area contributed by atoms with E-state index in [-0.39, 0.29) is 18.0 Å². The van der Waals surface area contributed by atoms with Crippen molar-refractivity contribution in [2.24, 2.45) is 0 Å². The van der Waals surface area contributed by atoms with E-state index in [0.29, 0.717) is 22.7 Å². The van der Waals surface area contributed by atoms with Crippen molar-refractivity contribution in [3.05, 3.63) is 83.9 Å². The van der Waals surface area contributed by atoms with Crippen LogP contribution in [0, 0.1) is 13.8 Å². The summed E-state index contributed by atoms with van der Waals surface area (Å²) in [5.41, 5.74) is 1.96. The number of amides is 1. The molecule has 6 nitrogen and oxygen atoms in total. The fraction of sp³-hybridized carbons (Fsp3) is 0.208. The standard InChI is InChI=1S/C24H26N2O4S/c1-4-26(31(28,29)23-16-18(2)14-15-19(23)3)17-24(27)25-21-12-8-9-13-22(21)30-20-10-6-5-7-11-20/h5-16H,4,17H2,1-3H3,(H,25,27). The highest BCUT2D eigenvalue weighted by molar-refractivity contribution is 7.89. The Bertz CT molecular complexity index is 1160. The number of hydrogen-bond donors (Lipinski definition) is 1. The van der Waals surface area contributed by atoms with E-state index in [0.717, 1.165) is 5.56 Å². The van der Waals surface area contributed by atoms with Crippen molar-refractivity contribution in [3.8, 4) is 11.5 Å². The van der Waals surface area contributed by atoms with Gasteiger partial charge in [0.2, 0.25) is 15.9 Å². The number of para-hydroxylation sites is 3. The average Bonchev–Trinajstić information content (AvgIpc) is 2.75. The van der Waals surface area contributed by atoms with E-state index in [1.165, 1.54) is 4.31 Å². The van der Waals surface area contributed by atoms with E-state index < -0.39 is 15.9 Å². The first-order chi connectivity index (χ1) is 14.8. The summed E-state index contributed by atoms with van der Waals surface area (Å²) in [6.07, 6.45) is 0. The molecule has 0 aliphatic heterocycles. The first kappa shape index (κ1) is 22.5. The zero-order valence-corrected chi connectivity index (χ0v) is 18.6. The minimum absolute atomic E-state index is 0.172. The van der Waals surface area contributed by atoms with Crippen LogP contribution in [0.3, 0.4) is 0 Å². The summed E-state index contributed by atoms with van der Waals surface area (Å²) in [7, 11) is -3.81. The first-order valence-electron chi connectivity index (χ1n) is 10.0. The van der Waals surface area contributed by atoms with Gasteiger partial charge in [-0.15, -0.1) is 0 Å². The molecule has 0 saturated carbocycles. The number of hydrogen-bond acceptors (Lipinski definition) is 4. The Hall–Kier alpha value is -3.16. The number of nitrogens with zero attached hydrogens (tertiary/aromatic N) is 1. The third-order valence-electron chi connectivity index (χ3n) is 4.77. The number of benzene rings is 3. The monoisotopic (exact) mass is 438 g/mol. The molecule has 0 heterocycles. The number of nitrogens with one attached hydrogen (secondary N) is 1. The summed E-state index contributed by atoms with van der Waals surface area (Å²) in [5.74, 6) is 0.666. The Morgan fingerprint density at radius 1 is 0.968 bits per heavy atom. The maximum Gasteiger partial charge on any atom is 0.243 e. The van der Waals surface area contributed by atoms with Crippen molar-refractivity contribution in [2.45, 2.75) is 25.7 Å². The zero-order valence-electron chi connectivity index (χ0n) is 17.8. The molecule has 0 aliphatic rings. The van der Waals surface area contributed by atoms with Gasteiger partial charge in [-0.3, -0.25) is 4.79 Å². The fourth-order valence-corrected chi connectivity index (χ4v) is 4.83. The van der Waals surface area contributed by atoms with Gasteiger partial charge in [0, 0.05) is 6.54 Å². The van der Waals surface area contributed by atoms with Crippen molar-refractivity contribution in [1.29, 1.82) is 0 Å². The molecule has 0 saturated heterocycles. The predicted octanol–water partition coefficient (Wildman–Crippen LogP) is 4.75. The molecule has 0 atom stereocenters. The zero-order chi connectivity index (χ0) is 22.4. The summed E-state index contributed by atoms with van der Waals surface area (Å²) >= 11 is 0. The molecule has 0 unspecified atom stereocenters. The van der Waals surface area contributed by atoms with Gasteiger partial charge in [-0.2, -0.15) is 4.31 Å². The van der Waals surface area contributed by atoms with E-state index in [4.69, 9.17) is 4.74 Å². The smallest absolute Gasteiger partial charge is 0.243 e. The second kappa shape index (κ2) is 9.76. The number of anilines is 1. The summed E-state index contributed by atoms with van der Waals surface area (Å²) in [4.78, 5) is 13.0. The number of carbonyl (C=O) groups is 1. The summed E-state index contributed by atoms with van der Waals surface area (Å²) < 4.78 is 33.3. The topological polar surface area (TPSA) is 75.7 Å². The molecule has 0 radical (unpaired) electrons. The van der Waals surface area contributed by atoms with Crippen molar-refractivity contribution in [2.75, 3.05) is 18.4 Å². The van der Waals surface area contributed by atoms with Crippen LogP contribution in [0.4, 0.5) is 5.69 Å². The normalized spacial score (nSPS) is 11.4. The maximum absolute atomic E-state index is 13.2. The van der Waals surface area contributed by atoms with Crippen LogP contribution in [-0.2, 0) is 14.8 Å². The van der Waals surface area contributed by atoms with Crippen LogP contribution in [-0.4, -0.2) is 31.7 Å². The van der Waals surface area contributed by atoms with Gasteiger partial charge in [-0.25, -0.2) is 8.42 Å². The molecule has 0 aromatic heterocycles. The maximum atomic E-state index is 13.2. The number of aryl methyl sites for hydroxylation is 2. The molecule has 0 bridgehead atoms. The molecule has 7 heteroatoms. The van der Waals surface area contributed by atoms with Crippen LogP contribution < -0.4 is 10.1 Å². The molecule has 0 spiro atoms. The van der Waals surface area contributed by atoms with Crippen molar-refractivity contribution < 1.29 is 17.9 Å². The third kappa shape index (κ3) is 5.51. The third-order valence-corrected chi connectivity index (χ3v) is 6.83. The minimum atomic E-state index is -3.81. The quantitative estimate of drug-likeness (QED) is 0.551. The van der Waals surface area contributed by atoms with E-state index in [2.05, 4.69) is 5.32 Å². The van der Waals surface area contributed by atoms with Gasteiger partial charge in [0.1, 0.15) is 5.75 Å². The fourth-order valence-electron chi connectivity index (χ4n) is 3.12. The molecular formula is C24H26N2O4S. The largest absolute Gasteiger partial charge is 0.455 e. The van der Waals surface area contributed by atoms with Gasteiger partial charge < -0.3 is 10.1 Å². The van der Waals surface area contributed by atoms with Gasteiger partial charge in [-0.1, -0.05) is 49.4 Å². The molecule has 0 fully saturated rings. The molecular weight excluding hydrogens is 412 g/mol. The van der Waals surface area contributed by atoms with Gasteiger partial charge in [0.25, 0.3) is 0 Å². The molecule has 1 N–H and O–H groups in total. The molecule has 31 heavy (non-hydrogen) atoms. The molecule has 162 valence electrons.